The van der Waals surface area contributed by atoms with Crippen LogP contribution < -0.4 is 10.2 Å². The Kier molecular flexibility index (Phi) is 5.99. The second kappa shape index (κ2) is 9.25. The lowest BCUT2D eigenvalue weighted by Gasteiger charge is -2.18. The minimum atomic E-state index is -1.01. The highest BCUT2D eigenvalue weighted by Gasteiger charge is 2.44. The SMILES string of the molecule is CN(C(=O)[C@@H]1C[C@@H]1CNC(=O)OCC1c2ccccc2-c2ccccc21)c1ccc(C(=O)O)cc1. The summed E-state index contributed by atoms with van der Waals surface area (Å²) in [6, 6.07) is 22.6. The van der Waals surface area contributed by atoms with Crippen LogP contribution in [-0.2, 0) is 9.53 Å². The minimum Gasteiger partial charge on any atom is -0.478 e. The van der Waals surface area contributed by atoms with Crippen LogP contribution in [0.5, 0.6) is 0 Å². The topological polar surface area (TPSA) is 95.9 Å². The molecule has 0 radical (unpaired) electrons. The van der Waals surface area contributed by atoms with Crippen molar-refractivity contribution in [3.8, 4) is 11.1 Å². The molecule has 2 atom stereocenters. The number of carboxylic acid groups (broad SMARTS) is 1. The molecule has 2 aliphatic carbocycles. The van der Waals surface area contributed by atoms with Gasteiger partial charge in [0.15, 0.2) is 0 Å². The number of carbonyl (C=O) groups excluding carboxylic acids is 2. The number of rotatable bonds is 7. The molecule has 7 nitrogen and oxygen atoms in total. The molecule has 0 aliphatic heterocycles. The van der Waals surface area contributed by atoms with Crippen LogP contribution in [0.3, 0.4) is 0 Å². The molecular formula is C28H26N2O5. The van der Waals surface area contributed by atoms with Crippen molar-refractivity contribution in [3.63, 3.8) is 0 Å². The molecule has 0 saturated heterocycles. The monoisotopic (exact) mass is 470 g/mol. The maximum Gasteiger partial charge on any atom is 0.407 e. The molecule has 1 saturated carbocycles. The van der Waals surface area contributed by atoms with Crippen LogP contribution in [0, 0.1) is 11.8 Å². The molecule has 5 rings (SSSR count). The summed E-state index contributed by atoms with van der Waals surface area (Å²) in [4.78, 5) is 37.7. The quantitative estimate of drug-likeness (QED) is 0.529. The molecule has 3 aromatic rings. The molecule has 0 aromatic heterocycles. The van der Waals surface area contributed by atoms with E-state index in [9.17, 15) is 14.4 Å². The van der Waals surface area contributed by atoms with Crippen molar-refractivity contribution in [1.82, 2.24) is 5.32 Å². The number of anilines is 1. The van der Waals surface area contributed by atoms with Crippen molar-refractivity contribution in [3.05, 3.63) is 89.5 Å². The number of aromatic carboxylic acids is 1. The van der Waals surface area contributed by atoms with Crippen LogP contribution in [0.1, 0.15) is 33.8 Å². The number of hydrogen-bond donors (Lipinski definition) is 2. The molecule has 35 heavy (non-hydrogen) atoms. The van der Waals surface area contributed by atoms with Crippen LogP contribution in [-0.4, -0.2) is 43.3 Å². The van der Waals surface area contributed by atoms with Gasteiger partial charge in [-0.2, -0.15) is 0 Å². The van der Waals surface area contributed by atoms with E-state index in [4.69, 9.17) is 9.84 Å². The van der Waals surface area contributed by atoms with E-state index < -0.39 is 12.1 Å². The number of benzene rings is 3. The van der Waals surface area contributed by atoms with E-state index in [0.717, 1.165) is 11.1 Å². The Bertz CT molecular complexity index is 1240. The van der Waals surface area contributed by atoms with Gasteiger partial charge in [-0.05, 0) is 58.9 Å². The average Bonchev–Trinajstić information content (AvgIpc) is 3.60. The number of nitrogens with one attached hydrogen (secondary N) is 1. The third-order valence-corrected chi connectivity index (χ3v) is 6.92. The van der Waals surface area contributed by atoms with E-state index in [-0.39, 0.29) is 35.8 Å². The second-order valence-electron chi connectivity index (χ2n) is 9.06. The first kappa shape index (κ1) is 22.7. The van der Waals surface area contributed by atoms with Crippen molar-refractivity contribution in [2.24, 2.45) is 11.8 Å². The van der Waals surface area contributed by atoms with Crippen LogP contribution in [0.2, 0.25) is 0 Å². The Morgan fingerprint density at radius 3 is 2.14 bits per heavy atom. The Labute approximate surface area is 203 Å². The third-order valence-electron chi connectivity index (χ3n) is 6.92. The lowest BCUT2D eigenvalue weighted by molar-refractivity contribution is -0.119. The van der Waals surface area contributed by atoms with Crippen LogP contribution >= 0.6 is 0 Å². The van der Waals surface area contributed by atoms with E-state index in [2.05, 4.69) is 29.6 Å². The fourth-order valence-corrected chi connectivity index (χ4v) is 4.84. The fourth-order valence-electron chi connectivity index (χ4n) is 4.84. The molecule has 0 heterocycles. The Morgan fingerprint density at radius 2 is 1.54 bits per heavy atom. The first-order valence-corrected chi connectivity index (χ1v) is 11.6. The maximum atomic E-state index is 12.8. The standard InChI is InChI=1S/C28H26N2O5/c1-30(19-12-10-17(11-13-19)27(32)33)26(31)24-14-18(24)15-29-28(34)35-16-25-22-8-4-2-6-20(22)21-7-3-5-9-23(21)25/h2-13,18,24-25H,14-16H2,1H3,(H,29,34)(H,32,33)/t18-,24-/m1/s1. The van der Waals surface area contributed by atoms with Gasteiger partial charge < -0.3 is 20.1 Å². The zero-order chi connectivity index (χ0) is 24.5. The molecule has 2 N–H and O–H groups in total. The van der Waals surface area contributed by atoms with Gasteiger partial charge in [0.1, 0.15) is 6.61 Å². The average molecular weight is 471 g/mol. The number of hydrogen-bond acceptors (Lipinski definition) is 4. The summed E-state index contributed by atoms with van der Waals surface area (Å²) < 4.78 is 5.57. The number of amides is 2. The number of nitrogens with zero attached hydrogens (tertiary/aromatic N) is 1. The summed E-state index contributed by atoms with van der Waals surface area (Å²) in [5, 5.41) is 11.8. The highest BCUT2D eigenvalue weighted by Crippen LogP contribution is 2.44. The minimum absolute atomic E-state index is 0.00423. The number of ether oxygens (including phenoxy) is 1. The molecule has 0 bridgehead atoms. The molecule has 1 fully saturated rings. The van der Waals surface area contributed by atoms with Crippen molar-refractivity contribution in [2.75, 3.05) is 25.1 Å². The summed E-state index contributed by atoms with van der Waals surface area (Å²) in [6.45, 7) is 0.626. The zero-order valence-corrected chi connectivity index (χ0v) is 19.3. The molecular weight excluding hydrogens is 444 g/mol. The molecule has 178 valence electrons. The van der Waals surface area contributed by atoms with E-state index in [1.165, 1.54) is 28.2 Å². The highest BCUT2D eigenvalue weighted by molar-refractivity contribution is 5.97. The summed E-state index contributed by atoms with van der Waals surface area (Å²) >= 11 is 0. The predicted molar refractivity (Wildman–Crippen MR) is 131 cm³/mol. The number of carbonyl (C=O) groups is 3. The smallest absolute Gasteiger partial charge is 0.407 e. The highest BCUT2D eigenvalue weighted by atomic mass is 16.5. The maximum absolute atomic E-state index is 12.8. The molecule has 0 spiro atoms. The fraction of sp³-hybridized carbons (Fsp3) is 0.250. The van der Waals surface area contributed by atoms with Crippen molar-refractivity contribution in [1.29, 1.82) is 0 Å². The second-order valence-corrected chi connectivity index (χ2v) is 9.06. The summed E-state index contributed by atoms with van der Waals surface area (Å²) in [7, 11) is 1.67. The van der Waals surface area contributed by atoms with Crippen molar-refractivity contribution < 1.29 is 24.2 Å². The lowest BCUT2D eigenvalue weighted by atomic mass is 9.98. The molecule has 2 aliphatic rings. The molecule has 7 heteroatoms. The van der Waals surface area contributed by atoms with Crippen LogP contribution in [0.15, 0.2) is 72.8 Å². The largest absolute Gasteiger partial charge is 0.478 e. The van der Waals surface area contributed by atoms with Gasteiger partial charge in [-0.25, -0.2) is 9.59 Å². The first-order valence-electron chi connectivity index (χ1n) is 11.6. The van der Waals surface area contributed by atoms with E-state index in [0.29, 0.717) is 18.7 Å². The first-order chi connectivity index (χ1) is 16.9. The summed E-state index contributed by atoms with van der Waals surface area (Å²) in [5.74, 6) is -1.17. The number of alkyl carbamates (subject to hydrolysis) is 1. The number of carboxylic acids is 1. The van der Waals surface area contributed by atoms with Gasteiger partial charge in [0, 0.05) is 31.1 Å². The van der Waals surface area contributed by atoms with Gasteiger partial charge >= 0.3 is 12.1 Å². The van der Waals surface area contributed by atoms with Gasteiger partial charge in [-0.3, -0.25) is 4.79 Å². The number of fused-ring (bicyclic) bond motifs is 3. The van der Waals surface area contributed by atoms with Gasteiger partial charge in [0.2, 0.25) is 5.91 Å². The van der Waals surface area contributed by atoms with E-state index in [1.54, 1.807) is 19.2 Å². The normalized spacial score (nSPS) is 17.7. The van der Waals surface area contributed by atoms with E-state index >= 15 is 0 Å². The summed E-state index contributed by atoms with van der Waals surface area (Å²) in [6.07, 6.45) is 0.211. The van der Waals surface area contributed by atoms with Gasteiger partial charge in [0.05, 0.1) is 5.56 Å². The Balaban J connectivity index is 1.11. The predicted octanol–water partition coefficient (Wildman–Crippen LogP) is 4.52. The molecule has 3 aromatic carbocycles. The third kappa shape index (κ3) is 4.49. The lowest BCUT2D eigenvalue weighted by Crippen LogP contribution is -2.31. The Morgan fingerprint density at radius 1 is 0.943 bits per heavy atom. The van der Waals surface area contributed by atoms with Crippen molar-refractivity contribution >= 4 is 23.7 Å². The molecule has 2 amide bonds. The Hall–Kier alpha value is -4.13. The van der Waals surface area contributed by atoms with Gasteiger partial charge in [0.25, 0.3) is 0 Å². The zero-order valence-electron chi connectivity index (χ0n) is 19.3. The summed E-state index contributed by atoms with van der Waals surface area (Å²) in [5.41, 5.74) is 5.49. The molecule has 0 unspecified atom stereocenters. The van der Waals surface area contributed by atoms with Gasteiger partial charge in [-0.15, -0.1) is 0 Å². The van der Waals surface area contributed by atoms with Gasteiger partial charge in [-0.1, -0.05) is 48.5 Å². The van der Waals surface area contributed by atoms with E-state index in [1.807, 2.05) is 24.3 Å². The van der Waals surface area contributed by atoms with Crippen molar-refractivity contribution in [2.45, 2.75) is 12.3 Å². The van der Waals surface area contributed by atoms with Crippen LogP contribution in [0.25, 0.3) is 11.1 Å². The van der Waals surface area contributed by atoms with Crippen LogP contribution in [0.4, 0.5) is 10.5 Å².